The largest absolute Gasteiger partial charge is 0.384 e. The fraction of sp³-hybridized carbons (Fsp3) is 1.00. The van der Waals surface area contributed by atoms with Crippen molar-refractivity contribution >= 4 is 0 Å². The fourth-order valence-corrected chi connectivity index (χ4v) is 2.81. The normalized spacial score (nSPS) is 30.8. The summed E-state index contributed by atoms with van der Waals surface area (Å²) in [5.41, 5.74) is 6.39. The van der Waals surface area contributed by atoms with Gasteiger partial charge in [0.2, 0.25) is 0 Å². The SMILES string of the molecule is COCC1CCN(CC2(N)CCOCC2)C1. The van der Waals surface area contributed by atoms with Crippen molar-refractivity contribution in [3.63, 3.8) is 0 Å². The van der Waals surface area contributed by atoms with Gasteiger partial charge in [-0.15, -0.1) is 0 Å². The maximum absolute atomic E-state index is 6.41. The van der Waals surface area contributed by atoms with Crippen LogP contribution in [0.3, 0.4) is 0 Å². The number of rotatable bonds is 4. The molecule has 2 aliphatic heterocycles. The van der Waals surface area contributed by atoms with E-state index in [0.29, 0.717) is 5.92 Å². The van der Waals surface area contributed by atoms with Gasteiger partial charge in [-0.1, -0.05) is 0 Å². The van der Waals surface area contributed by atoms with Crippen molar-refractivity contribution in [2.75, 3.05) is 46.6 Å². The molecule has 2 N–H and O–H groups in total. The predicted octanol–water partition coefficient (Wildman–Crippen LogP) is 0.463. The molecule has 4 heteroatoms. The molecule has 2 rings (SSSR count). The Morgan fingerprint density at radius 2 is 2.19 bits per heavy atom. The average molecular weight is 228 g/mol. The third-order valence-electron chi connectivity index (χ3n) is 3.80. The molecule has 4 nitrogen and oxygen atoms in total. The monoisotopic (exact) mass is 228 g/mol. The van der Waals surface area contributed by atoms with Crippen LogP contribution in [0.1, 0.15) is 19.3 Å². The van der Waals surface area contributed by atoms with Crippen LogP contribution in [0.2, 0.25) is 0 Å². The van der Waals surface area contributed by atoms with E-state index in [1.54, 1.807) is 7.11 Å². The van der Waals surface area contributed by atoms with Crippen LogP contribution in [-0.2, 0) is 9.47 Å². The molecule has 1 atom stereocenters. The summed E-state index contributed by atoms with van der Waals surface area (Å²) in [6.45, 7) is 5.88. The van der Waals surface area contributed by atoms with E-state index in [1.165, 1.54) is 13.0 Å². The molecule has 94 valence electrons. The molecular formula is C12H24N2O2. The quantitative estimate of drug-likeness (QED) is 0.759. The Morgan fingerprint density at radius 1 is 1.44 bits per heavy atom. The van der Waals surface area contributed by atoms with Crippen molar-refractivity contribution < 1.29 is 9.47 Å². The second-order valence-electron chi connectivity index (χ2n) is 5.32. The Morgan fingerprint density at radius 3 is 2.88 bits per heavy atom. The Labute approximate surface area is 98.1 Å². The summed E-state index contributed by atoms with van der Waals surface area (Å²) >= 11 is 0. The van der Waals surface area contributed by atoms with Gasteiger partial charge < -0.3 is 20.1 Å². The summed E-state index contributed by atoms with van der Waals surface area (Å²) in [4.78, 5) is 2.50. The van der Waals surface area contributed by atoms with Gasteiger partial charge in [0.25, 0.3) is 0 Å². The Bertz CT molecular complexity index is 217. The zero-order valence-corrected chi connectivity index (χ0v) is 10.3. The van der Waals surface area contributed by atoms with Gasteiger partial charge in [0.15, 0.2) is 0 Å². The van der Waals surface area contributed by atoms with Crippen LogP contribution in [-0.4, -0.2) is 57.0 Å². The summed E-state index contributed by atoms with van der Waals surface area (Å²) in [6, 6.07) is 0. The molecule has 0 amide bonds. The van der Waals surface area contributed by atoms with Crippen LogP contribution in [0.4, 0.5) is 0 Å². The molecule has 0 aromatic rings. The van der Waals surface area contributed by atoms with Crippen molar-refractivity contribution in [2.24, 2.45) is 11.7 Å². The number of nitrogens with zero attached hydrogens (tertiary/aromatic N) is 1. The highest BCUT2D eigenvalue weighted by Gasteiger charge is 2.33. The highest BCUT2D eigenvalue weighted by molar-refractivity contribution is 4.91. The van der Waals surface area contributed by atoms with Crippen LogP contribution in [0.15, 0.2) is 0 Å². The predicted molar refractivity (Wildman–Crippen MR) is 63.4 cm³/mol. The van der Waals surface area contributed by atoms with Gasteiger partial charge in [0, 0.05) is 39.0 Å². The molecule has 2 heterocycles. The molecule has 1 unspecified atom stereocenters. The van der Waals surface area contributed by atoms with E-state index >= 15 is 0 Å². The smallest absolute Gasteiger partial charge is 0.0503 e. The van der Waals surface area contributed by atoms with Gasteiger partial charge in [-0.3, -0.25) is 0 Å². The second-order valence-corrected chi connectivity index (χ2v) is 5.32. The molecule has 0 spiro atoms. The lowest BCUT2D eigenvalue weighted by atomic mass is 9.91. The number of likely N-dealkylation sites (tertiary alicyclic amines) is 1. The highest BCUT2D eigenvalue weighted by atomic mass is 16.5. The van der Waals surface area contributed by atoms with Crippen molar-refractivity contribution in [2.45, 2.75) is 24.8 Å². The first-order chi connectivity index (χ1) is 7.72. The van der Waals surface area contributed by atoms with Gasteiger partial charge >= 0.3 is 0 Å². The molecule has 0 aromatic heterocycles. The maximum atomic E-state index is 6.41. The van der Waals surface area contributed by atoms with Crippen molar-refractivity contribution in [1.29, 1.82) is 0 Å². The van der Waals surface area contributed by atoms with E-state index in [4.69, 9.17) is 15.2 Å². The van der Waals surface area contributed by atoms with Crippen molar-refractivity contribution in [1.82, 2.24) is 4.90 Å². The third-order valence-corrected chi connectivity index (χ3v) is 3.80. The van der Waals surface area contributed by atoms with E-state index in [0.717, 1.165) is 45.8 Å². The number of hydrogen-bond donors (Lipinski definition) is 1. The van der Waals surface area contributed by atoms with Crippen molar-refractivity contribution in [3.8, 4) is 0 Å². The number of methoxy groups -OCH3 is 1. The van der Waals surface area contributed by atoms with Gasteiger partial charge in [-0.25, -0.2) is 0 Å². The average Bonchev–Trinajstić information content (AvgIpc) is 2.66. The lowest BCUT2D eigenvalue weighted by Gasteiger charge is -2.36. The van der Waals surface area contributed by atoms with Crippen LogP contribution < -0.4 is 5.73 Å². The topological polar surface area (TPSA) is 47.7 Å². The minimum absolute atomic E-state index is 0.0137. The van der Waals surface area contributed by atoms with E-state index in [-0.39, 0.29) is 5.54 Å². The lowest BCUT2D eigenvalue weighted by molar-refractivity contribution is 0.0397. The minimum Gasteiger partial charge on any atom is -0.384 e. The molecule has 16 heavy (non-hydrogen) atoms. The molecule has 2 fully saturated rings. The van der Waals surface area contributed by atoms with E-state index in [2.05, 4.69) is 4.90 Å². The Hall–Kier alpha value is -0.160. The van der Waals surface area contributed by atoms with E-state index in [1.807, 2.05) is 0 Å². The lowest BCUT2D eigenvalue weighted by Crippen LogP contribution is -2.53. The maximum Gasteiger partial charge on any atom is 0.0503 e. The van der Waals surface area contributed by atoms with Crippen LogP contribution in [0.5, 0.6) is 0 Å². The van der Waals surface area contributed by atoms with E-state index in [9.17, 15) is 0 Å². The standard InChI is InChI=1S/C12H24N2O2/c1-15-9-11-2-5-14(8-11)10-12(13)3-6-16-7-4-12/h11H,2-10,13H2,1H3. The Balaban J connectivity index is 1.77. The summed E-state index contributed by atoms with van der Waals surface area (Å²) in [5, 5.41) is 0. The summed E-state index contributed by atoms with van der Waals surface area (Å²) in [6.07, 6.45) is 3.25. The van der Waals surface area contributed by atoms with Gasteiger partial charge in [0.1, 0.15) is 0 Å². The van der Waals surface area contributed by atoms with Gasteiger partial charge in [-0.05, 0) is 31.7 Å². The molecule has 2 aliphatic rings. The van der Waals surface area contributed by atoms with Crippen molar-refractivity contribution in [3.05, 3.63) is 0 Å². The molecule has 0 aromatic carbocycles. The number of ether oxygens (including phenoxy) is 2. The third kappa shape index (κ3) is 3.17. The summed E-state index contributed by atoms with van der Waals surface area (Å²) in [7, 11) is 1.78. The Kier molecular flexibility index (Phi) is 4.19. The van der Waals surface area contributed by atoms with Crippen LogP contribution in [0, 0.1) is 5.92 Å². The molecule has 0 saturated carbocycles. The zero-order chi connectivity index (χ0) is 11.4. The molecular weight excluding hydrogens is 204 g/mol. The summed E-state index contributed by atoms with van der Waals surface area (Å²) < 4.78 is 10.6. The highest BCUT2D eigenvalue weighted by Crippen LogP contribution is 2.23. The van der Waals surface area contributed by atoms with Crippen LogP contribution >= 0.6 is 0 Å². The first-order valence-electron chi connectivity index (χ1n) is 6.30. The van der Waals surface area contributed by atoms with Crippen LogP contribution in [0.25, 0.3) is 0 Å². The molecule has 0 bridgehead atoms. The first-order valence-corrected chi connectivity index (χ1v) is 6.30. The minimum atomic E-state index is -0.0137. The molecule has 2 saturated heterocycles. The first kappa shape index (κ1) is 12.3. The van der Waals surface area contributed by atoms with Gasteiger partial charge in [0.05, 0.1) is 6.61 Å². The molecule has 0 radical (unpaired) electrons. The van der Waals surface area contributed by atoms with Gasteiger partial charge in [-0.2, -0.15) is 0 Å². The van der Waals surface area contributed by atoms with E-state index < -0.39 is 0 Å². The molecule has 0 aliphatic carbocycles. The number of nitrogens with two attached hydrogens (primary N) is 1. The second kappa shape index (κ2) is 5.45. The summed E-state index contributed by atoms with van der Waals surface area (Å²) in [5.74, 6) is 0.702. The number of hydrogen-bond acceptors (Lipinski definition) is 4. The zero-order valence-electron chi connectivity index (χ0n) is 10.3. The fourth-order valence-electron chi connectivity index (χ4n) is 2.81.